The summed E-state index contributed by atoms with van der Waals surface area (Å²) in [6.07, 6.45) is 1.55. The van der Waals surface area contributed by atoms with Crippen molar-refractivity contribution in [2.45, 2.75) is 0 Å². The van der Waals surface area contributed by atoms with Crippen molar-refractivity contribution in [2.75, 3.05) is 24.8 Å². The van der Waals surface area contributed by atoms with Gasteiger partial charge in [0, 0.05) is 29.5 Å². The number of ether oxygens (including phenoxy) is 1. The molecule has 0 radical (unpaired) electrons. The van der Waals surface area contributed by atoms with Crippen LogP contribution in [0.4, 0.5) is 11.5 Å². The van der Waals surface area contributed by atoms with Gasteiger partial charge in [-0.3, -0.25) is 4.79 Å². The molecule has 6 heteroatoms. The molecular formula is C14H14BrN3O2. The lowest BCUT2D eigenvalue weighted by Crippen LogP contribution is -2.27. The van der Waals surface area contributed by atoms with Gasteiger partial charge in [-0.1, -0.05) is 6.07 Å². The van der Waals surface area contributed by atoms with Crippen LogP contribution in [0.2, 0.25) is 0 Å². The molecule has 5 nitrogen and oxygen atoms in total. The van der Waals surface area contributed by atoms with E-state index >= 15 is 0 Å². The van der Waals surface area contributed by atoms with Gasteiger partial charge < -0.3 is 15.4 Å². The first kappa shape index (κ1) is 14.3. The van der Waals surface area contributed by atoms with E-state index in [1.165, 1.54) is 4.90 Å². The number of carbonyl (C=O) groups excluding carboxylic acids is 1. The van der Waals surface area contributed by atoms with Crippen molar-refractivity contribution in [3.05, 3.63) is 46.6 Å². The van der Waals surface area contributed by atoms with Gasteiger partial charge in [0.25, 0.3) is 5.91 Å². The Hall–Kier alpha value is -2.08. The third-order valence-electron chi connectivity index (χ3n) is 2.86. The fraction of sp³-hybridized carbons (Fsp3) is 0.143. The molecule has 0 saturated heterocycles. The van der Waals surface area contributed by atoms with Crippen LogP contribution in [0.5, 0.6) is 5.75 Å². The molecule has 20 heavy (non-hydrogen) atoms. The molecule has 0 spiro atoms. The first-order chi connectivity index (χ1) is 9.52. The number of nitrogens with two attached hydrogens (primary N) is 1. The summed E-state index contributed by atoms with van der Waals surface area (Å²) in [7, 11) is 3.26. The molecule has 1 aromatic heterocycles. The van der Waals surface area contributed by atoms with Gasteiger partial charge in [-0.25, -0.2) is 4.98 Å². The van der Waals surface area contributed by atoms with Crippen molar-refractivity contribution in [2.24, 2.45) is 0 Å². The van der Waals surface area contributed by atoms with E-state index in [9.17, 15) is 4.79 Å². The van der Waals surface area contributed by atoms with E-state index in [1.807, 2.05) is 18.2 Å². The van der Waals surface area contributed by atoms with Gasteiger partial charge in [-0.2, -0.15) is 0 Å². The van der Waals surface area contributed by atoms with Gasteiger partial charge in [0.1, 0.15) is 11.6 Å². The third kappa shape index (κ3) is 2.91. The minimum Gasteiger partial charge on any atom is -0.497 e. The predicted octanol–water partition coefficient (Wildman–Crippen LogP) is 2.71. The molecule has 0 fully saturated rings. The Morgan fingerprint density at radius 3 is 2.85 bits per heavy atom. The molecule has 0 aliphatic rings. The first-order valence-electron chi connectivity index (χ1n) is 5.86. The van der Waals surface area contributed by atoms with Crippen molar-refractivity contribution in [1.82, 2.24) is 4.98 Å². The second-order valence-corrected chi connectivity index (χ2v) is 5.07. The Balaban J connectivity index is 2.34. The third-order valence-corrected chi connectivity index (χ3v) is 3.29. The van der Waals surface area contributed by atoms with Crippen LogP contribution in [-0.2, 0) is 0 Å². The van der Waals surface area contributed by atoms with E-state index < -0.39 is 0 Å². The van der Waals surface area contributed by atoms with Crippen LogP contribution in [0.3, 0.4) is 0 Å². The molecule has 104 valence electrons. The summed E-state index contributed by atoms with van der Waals surface area (Å²) in [5, 5.41) is 0. The molecule has 2 rings (SSSR count). The normalized spacial score (nSPS) is 10.2. The van der Waals surface area contributed by atoms with Crippen LogP contribution in [0.15, 0.2) is 41.0 Å². The zero-order chi connectivity index (χ0) is 14.7. The molecule has 1 aromatic carbocycles. The average molecular weight is 336 g/mol. The molecule has 1 heterocycles. The number of benzene rings is 1. The zero-order valence-corrected chi connectivity index (χ0v) is 12.7. The molecule has 2 aromatic rings. The van der Waals surface area contributed by atoms with Crippen molar-refractivity contribution in [1.29, 1.82) is 0 Å². The van der Waals surface area contributed by atoms with Crippen molar-refractivity contribution in [3.8, 4) is 5.75 Å². The zero-order valence-electron chi connectivity index (χ0n) is 11.1. The van der Waals surface area contributed by atoms with Gasteiger partial charge in [0.2, 0.25) is 0 Å². The number of pyridine rings is 1. The van der Waals surface area contributed by atoms with E-state index in [-0.39, 0.29) is 11.7 Å². The number of aromatic nitrogens is 1. The van der Waals surface area contributed by atoms with E-state index in [0.717, 1.165) is 0 Å². The number of halogens is 1. The largest absolute Gasteiger partial charge is 0.497 e. The Morgan fingerprint density at radius 1 is 1.40 bits per heavy atom. The summed E-state index contributed by atoms with van der Waals surface area (Å²) < 4.78 is 5.85. The molecule has 2 N–H and O–H groups in total. The lowest BCUT2D eigenvalue weighted by Gasteiger charge is -2.18. The Labute approximate surface area is 125 Å². The monoisotopic (exact) mass is 335 g/mol. The van der Waals surface area contributed by atoms with Crippen LogP contribution < -0.4 is 15.4 Å². The Morgan fingerprint density at radius 2 is 2.15 bits per heavy atom. The van der Waals surface area contributed by atoms with Crippen LogP contribution in [0.1, 0.15) is 10.4 Å². The van der Waals surface area contributed by atoms with Gasteiger partial charge in [-0.05, 0) is 34.1 Å². The number of anilines is 2. The van der Waals surface area contributed by atoms with Crippen LogP contribution >= 0.6 is 15.9 Å². The van der Waals surface area contributed by atoms with E-state index in [0.29, 0.717) is 21.5 Å². The quantitative estimate of drug-likeness (QED) is 0.936. The minimum atomic E-state index is -0.232. The van der Waals surface area contributed by atoms with E-state index in [4.69, 9.17) is 10.5 Å². The number of nitrogen functional groups attached to an aromatic ring is 1. The van der Waals surface area contributed by atoms with Crippen LogP contribution in [0, 0.1) is 0 Å². The summed E-state index contributed by atoms with van der Waals surface area (Å²) in [4.78, 5) is 17.9. The van der Waals surface area contributed by atoms with Crippen molar-refractivity contribution in [3.63, 3.8) is 0 Å². The molecule has 0 bridgehead atoms. The lowest BCUT2D eigenvalue weighted by molar-refractivity contribution is 0.0993. The SMILES string of the molecule is COc1cccc(N(C)C(=O)c2cc(Br)cnc2N)c1. The number of methoxy groups -OCH3 is 1. The summed E-state index contributed by atoms with van der Waals surface area (Å²) in [6.45, 7) is 0. The summed E-state index contributed by atoms with van der Waals surface area (Å²) in [6, 6.07) is 8.89. The summed E-state index contributed by atoms with van der Waals surface area (Å²) in [5.41, 5.74) is 6.83. The number of rotatable bonds is 3. The second kappa shape index (κ2) is 5.92. The van der Waals surface area contributed by atoms with Gasteiger partial charge in [0.15, 0.2) is 0 Å². The highest BCUT2D eigenvalue weighted by molar-refractivity contribution is 9.10. The molecule has 0 atom stereocenters. The number of amides is 1. The number of hydrogen-bond donors (Lipinski definition) is 1. The average Bonchev–Trinajstić information content (AvgIpc) is 2.48. The lowest BCUT2D eigenvalue weighted by atomic mass is 10.2. The van der Waals surface area contributed by atoms with Crippen LogP contribution in [0.25, 0.3) is 0 Å². The molecule has 0 aliphatic heterocycles. The molecule has 1 amide bonds. The standard InChI is InChI=1S/C14H14BrN3O2/c1-18(10-4-3-5-11(7-10)20-2)14(19)12-6-9(15)8-17-13(12)16/h3-8H,1-2H3,(H2,16,17). The molecule has 0 aliphatic carbocycles. The smallest absolute Gasteiger partial charge is 0.261 e. The van der Waals surface area contributed by atoms with Gasteiger partial charge in [0.05, 0.1) is 12.7 Å². The number of hydrogen-bond acceptors (Lipinski definition) is 4. The fourth-order valence-electron chi connectivity index (χ4n) is 1.74. The maximum absolute atomic E-state index is 12.5. The van der Waals surface area contributed by atoms with E-state index in [1.54, 1.807) is 32.5 Å². The topological polar surface area (TPSA) is 68.5 Å². The highest BCUT2D eigenvalue weighted by Crippen LogP contribution is 2.23. The fourth-order valence-corrected chi connectivity index (χ4v) is 2.07. The Kier molecular flexibility index (Phi) is 4.24. The number of carbonyl (C=O) groups is 1. The predicted molar refractivity (Wildman–Crippen MR) is 82.1 cm³/mol. The first-order valence-corrected chi connectivity index (χ1v) is 6.65. The molecule has 0 unspecified atom stereocenters. The number of nitrogens with zero attached hydrogens (tertiary/aromatic N) is 2. The van der Waals surface area contributed by atoms with E-state index in [2.05, 4.69) is 20.9 Å². The molecule has 0 saturated carbocycles. The van der Waals surface area contributed by atoms with Crippen molar-refractivity contribution >= 4 is 33.3 Å². The maximum atomic E-state index is 12.5. The second-order valence-electron chi connectivity index (χ2n) is 4.15. The van der Waals surface area contributed by atoms with Gasteiger partial charge >= 0.3 is 0 Å². The molecular weight excluding hydrogens is 322 g/mol. The van der Waals surface area contributed by atoms with Gasteiger partial charge in [-0.15, -0.1) is 0 Å². The maximum Gasteiger partial charge on any atom is 0.261 e. The summed E-state index contributed by atoms with van der Waals surface area (Å²) >= 11 is 3.28. The van der Waals surface area contributed by atoms with Crippen LogP contribution in [-0.4, -0.2) is 25.0 Å². The highest BCUT2D eigenvalue weighted by Gasteiger charge is 2.17. The summed E-state index contributed by atoms with van der Waals surface area (Å²) in [5.74, 6) is 0.653. The minimum absolute atomic E-state index is 0.202. The highest BCUT2D eigenvalue weighted by atomic mass is 79.9. The Bertz CT molecular complexity index is 646. The van der Waals surface area contributed by atoms with Crippen molar-refractivity contribution < 1.29 is 9.53 Å².